The smallest absolute Gasteiger partial charge is 0.0993 e. The van der Waals surface area contributed by atoms with Gasteiger partial charge in [0.15, 0.2) is 0 Å². The number of anilines is 2. The summed E-state index contributed by atoms with van der Waals surface area (Å²) < 4.78 is 0. The topological polar surface area (TPSA) is 112 Å². The number of aromatic nitrogens is 4. The van der Waals surface area contributed by atoms with Crippen LogP contribution in [-0.4, -0.2) is 52.0 Å². The van der Waals surface area contributed by atoms with E-state index in [0.29, 0.717) is 0 Å². The van der Waals surface area contributed by atoms with Crippen LogP contribution in [-0.2, 0) is 0 Å². The molecule has 0 fully saturated rings. The van der Waals surface area contributed by atoms with E-state index in [2.05, 4.69) is 66.8 Å². The van der Waals surface area contributed by atoms with Crippen molar-refractivity contribution < 1.29 is 0 Å². The minimum Gasteiger partial charge on any atom is -0.381 e. The number of hydrogen-bond donors (Lipinski definition) is 3. The van der Waals surface area contributed by atoms with E-state index < -0.39 is 0 Å². The van der Waals surface area contributed by atoms with Crippen LogP contribution in [0.15, 0.2) is 41.4 Å². The van der Waals surface area contributed by atoms with E-state index in [9.17, 15) is 0 Å². The summed E-state index contributed by atoms with van der Waals surface area (Å²) in [7, 11) is 1.76. The second-order valence-electron chi connectivity index (χ2n) is 10.7. The number of nitrogens with zero attached hydrogens (tertiary/aromatic N) is 5. The Morgan fingerprint density at radius 2 is 1.38 bits per heavy atom. The standard InChI is InChI=1S/C34H30N8/c1-18-11-12-24-30(38-18)20(3)21(8-5-13-35)31-34(24)42-28-17-27-25(16-26(28)39-31)40-32-22(9-6-14-36-4)19(2)29-23(33(32)41-27)10-7-15-37-29/h5-14,16-18,35,37-38H,15H2,1-4H3/b8-5-,9-6-,35-13?,36-14+. The summed E-state index contributed by atoms with van der Waals surface area (Å²) in [5, 5.41) is 14.7. The predicted molar refractivity (Wildman–Crippen MR) is 178 cm³/mol. The van der Waals surface area contributed by atoms with Crippen LogP contribution >= 0.6 is 0 Å². The summed E-state index contributed by atoms with van der Waals surface area (Å²) in [4.78, 5) is 24.8. The lowest BCUT2D eigenvalue weighted by molar-refractivity contribution is 0.988. The van der Waals surface area contributed by atoms with Gasteiger partial charge in [0, 0.05) is 65.7 Å². The van der Waals surface area contributed by atoms with E-state index in [0.717, 1.165) is 95.4 Å². The molecule has 3 aromatic carbocycles. The fourth-order valence-electron chi connectivity index (χ4n) is 5.99. The van der Waals surface area contributed by atoms with E-state index in [4.69, 9.17) is 25.3 Å². The Morgan fingerprint density at radius 1 is 0.810 bits per heavy atom. The maximum atomic E-state index is 7.57. The normalized spacial score (nSPS) is 16.2. The van der Waals surface area contributed by atoms with Gasteiger partial charge >= 0.3 is 0 Å². The molecule has 0 radical (unpaired) electrons. The summed E-state index contributed by atoms with van der Waals surface area (Å²) in [5.41, 5.74) is 14.7. The van der Waals surface area contributed by atoms with E-state index in [-0.39, 0.29) is 6.04 Å². The van der Waals surface area contributed by atoms with Gasteiger partial charge in [0.05, 0.1) is 44.1 Å². The van der Waals surface area contributed by atoms with Gasteiger partial charge in [-0.3, -0.25) is 4.99 Å². The van der Waals surface area contributed by atoms with Crippen molar-refractivity contribution in [3.05, 3.63) is 69.8 Å². The van der Waals surface area contributed by atoms with Crippen LogP contribution in [0.25, 0.3) is 68.4 Å². The summed E-state index contributed by atoms with van der Waals surface area (Å²) in [6, 6.07) is 4.20. The molecule has 0 aliphatic carbocycles. The van der Waals surface area contributed by atoms with Gasteiger partial charge in [-0.1, -0.05) is 36.5 Å². The molecule has 0 spiro atoms. The van der Waals surface area contributed by atoms with Gasteiger partial charge in [0.25, 0.3) is 0 Å². The SMILES string of the molecule is C/N=C/C=C\c1c(C)c2c(c3nc4cc5nc6c7c(c(C)c(/C=C\C=N)c6nc5cc4nc13)NC(C)C=C7)C=CCN2. The highest BCUT2D eigenvalue weighted by Gasteiger charge is 2.22. The highest BCUT2D eigenvalue weighted by Crippen LogP contribution is 2.39. The predicted octanol–water partition coefficient (Wildman–Crippen LogP) is 7.14. The Labute approximate surface area is 243 Å². The Morgan fingerprint density at radius 3 is 2.00 bits per heavy atom. The van der Waals surface area contributed by atoms with Crippen molar-refractivity contribution in [1.82, 2.24) is 19.9 Å². The first-order valence-corrected chi connectivity index (χ1v) is 14.1. The van der Waals surface area contributed by atoms with Crippen molar-refractivity contribution in [1.29, 1.82) is 5.41 Å². The molecule has 3 N–H and O–H groups in total. The quantitative estimate of drug-likeness (QED) is 0.162. The highest BCUT2D eigenvalue weighted by molar-refractivity contribution is 6.07. The molecule has 206 valence electrons. The lowest BCUT2D eigenvalue weighted by Crippen LogP contribution is -2.18. The van der Waals surface area contributed by atoms with Crippen molar-refractivity contribution in [2.75, 3.05) is 24.2 Å². The third kappa shape index (κ3) is 3.98. The van der Waals surface area contributed by atoms with Crippen LogP contribution in [0.1, 0.15) is 40.3 Å². The first kappa shape index (κ1) is 25.7. The molecule has 2 aliphatic rings. The van der Waals surface area contributed by atoms with Gasteiger partial charge in [0.2, 0.25) is 0 Å². The molecular formula is C34H30N8. The number of benzene rings is 3. The number of rotatable bonds is 4. The molecule has 0 bridgehead atoms. The number of aliphatic imine (C=N–C) groups is 1. The summed E-state index contributed by atoms with van der Waals surface area (Å²) in [5.74, 6) is 0. The average Bonchev–Trinajstić information content (AvgIpc) is 3.00. The summed E-state index contributed by atoms with van der Waals surface area (Å²) in [6.45, 7) is 7.11. The second-order valence-corrected chi connectivity index (χ2v) is 10.7. The third-order valence-electron chi connectivity index (χ3n) is 8.03. The van der Waals surface area contributed by atoms with Crippen molar-refractivity contribution in [2.24, 2.45) is 4.99 Å². The van der Waals surface area contributed by atoms with Crippen molar-refractivity contribution in [3.63, 3.8) is 0 Å². The first-order valence-electron chi connectivity index (χ1n) is 14.1. The van der Waals surface area contributed by atoms with Crippen LogP contribution in [0, 0.1) is 19.3 Å². The molecule has 8 heteroatoms. The molecule has 0 saturated heterocycles. The molecule has 0 amide bonds. The van der Waals surface area contributed by atoms with E-state index in [1.54, 1.807) is 19.3 Å². The average molecular weight is 551 g/mol. The van der Waals surface area contributed by atoms with E-state index in [1.807, 2.05) is 24.3 Å². The molecule has 1 unspecified atom stereocenters. The fourth-order valence-corrected chi connectivity index (χ4v) is 5.99. The minimum absolute atomic E-state index is 0.209. The van der Waals surface area contributed by atoms with Crippen LogP contribution in [0.2, 0.25) is 0 Å². The molecule has 5 aromatic rings. The molecule has 7 rings (SSSR count). The Hall–Kier alpha value is -5.24. The van der Waals surface area contributed by atoms with Crippen LogP contribution in [0.5, 0.6) is 0 Å². The summed E-state index contributed by atoms with van der Waals surface area (Å²) in [6.07, 6.45) is 19.2. The number of hydrogen-bond acceptors (Lipinski definition) is 8. The van der Waals surface area contributed by atoms with Crippen molar-refractivity contribution >= 4 is 92.2 Å². The number of nitrogens with one attached hydrogen (secondary N) is 3. The maximum absolute atomic E-state index is 7.57. The Bertz CT molecular complexity index is 2130. The first-order chi connectivity index (χ1) is 20.5. The molecule has 4 heterocycles. The van der Waals surface area contributed by atoms with Gasteiger partial charge < -0.3 is 16.0 Å². The molecule has 0 saturated carbocycles. The zero-order valence-corrected chi connectivity index (χ0v) is 23.9. The molecule has 42 heavy (non-hydrogen) atoms. The van der Waals surface area contributed by atoms with E-state index in [1.165, 1.54) is 6.21 Å². The largest absolute Gasteiger partial charge is 0.381 e. The maximum Gasteiger partial charge on any atom is 0.0993 e. The lowest BCUT2D eigenvalue weighted by Gasteiger charge is -2.24. The van der Waals surface area contributed by atoms with Crippen molar-refractivity contribution in [2.45, 2.75) is 26.8 Å². The molecular weight excluding hydrogens is 520 g/mol. The van der Waals surface area contributed by atoms with Crippen LogP contribution in [0.4, 0.5) is 11.4 Å². The zero-order chi connectivity index (χ0) is 29.0. The Balaban J connectivity index is 1.56. The molecule has 2 aromatic heterocycles. The van der Waals surface area contributed by atoms with Crippen LogP contribution in [0.3, 0.4) is 0 Å². The second kappa shape index (κ2) is 9.99. The van der Waals surface area contributed by atoms with Gasteiger partial charge in [-0.25, -0.2) is 19.9 Å². The van der Waals surface area contributed by atoms with Gasteiger partial charge in [0.1, 0.15) is 0 Å². The summed E-state index contributed by atoms with van der Waals surface area (Å²) >= 11 is 0. The molecule has 8 nitrogen and oxygen atoms in total. The molecule has 2 aliphatic heterocycles. The van der Waals surface area contributed by atoms with Crippen LogP contribution < -0.4 is 10.6 Å². The van der Waals surface area contributed by atoms with Crippen molar-refractivity contribution in [3.8, 4) is 0 Å². The lowest BCUT2D eigenvalue weighted by atomic mass is 9.94. The van der Waals surface area contributed by atoms with Gasteiger partial charge in [-0.05, 0) is 56.2 Å². The van der Waals surface area contributed by atoms with E-state index >= 15 is 0 Å². The third-order valence-corrected chi connectivity index (χ3v) is 8.03. The number of fused-ring (bicyclic) bond motifs is 8. The molecule has 1 atom stereocenters. The number of allylic oxidation sites excluding steroid dienone is 2. The Kier molecular flexibility index (Phi) is 6.12. The fraction of sp³-hybridized carbons (Fsp3) is 0.176. The van der Waals surface area contributed by atoms with Gasteiger partial charge in [-0.15, -0.1) is 0 Å². The highest BCUT2D eigenvalue weighted by atomic mass is 14.9. The zero-order valence-electron chi connectivity index (χ0n) is 23.9. The minimum atomic E-state index is 0.209. The van der Waals surface area contributed by atoms with Gasteiger partial charge in [-0.2, -0.15) is 0 Å². The monoisotopic (exact) mass is 550 g/mol.